The van der Waals surface area contributed by atoms with Crippen molar-refractivity contribution in [3.63, 3.8) is 0 Å². The van der Waals surface area contributed by atoms with E-state index in [-0.39, 0.29) is 11.9 Å². The predicted molar refractivity (Wildman–Crippen MR) is 63.4 cm³/mol. The molecule has 3 aliphatic rings. The highest BCUT2D eigenvalue weighted by Crippen LogP contribution is 2.54. The second-order valence-corrected chi connectivity index (χ2v) is 5.57. The molecule has 0 aromatic heterocycles. The van der Waals surface area contributed by atoms with Crippen LogP contribution in [0.1, 0.15) is 32.1 Å². The highest BCUT2D eigenvalue weighted by molar-refractivity contribution is 14.1. The van der Waals surface area contributed by atoms with Crippen molar-refractivity contribution in [3.8, 4) is 0 Å². The minimum atomic E-state index is 0.0311. The van der Waals surface area contributed by atoms with Crippen molar-refractivity contribution in [2.24, 2.45) is 17.3 Å². The molecule has 3 aliphatic carbocycles. The molecule has 0 saturated heterocycles. The van der Waals surface area contributed by atoms with Crippen molar-refractivity contribution in [1.29, 1.82) is 0 Å². The summed E-state index contributed by atoms with van der Waals surface area (Å²) in [4.78, 5) is 11.6. The van der Waals surface area contributed by atoms with Crippen LogP contribution in [0.3, 0.4) is 0 Å². The van der Waals surface area contributed by atoms with Crippen LogP contribution in [0, 0.1) is 17.3 Å². The average Bonchev–Trinajstić information content (AvgIpc) is 2.29. The van der Waals surface area contributed by atoms with Gasteiger partial charge in [0.15, 0.2) is 0 Å². The van der Waals surface area contributed by atoms with E-state index in [1.54, 1.807) is 0 Å². The Balaban J connectivity index is 2.12. The summed E-state index contributed by atoms with van der Waals surface area (Å²) in [5.74, 6) is 0.855. The van der Waals surface area contributed by atoms with Crippen LogP contribution in [0.2, 0.25) is 0 Å². The summed E-state index contributed by atoms with van der Waals surface area (Å²) < 4.78 is 6.09. The second kappa shape index (κ2) is 3.99. The number of rotatable bonds is 2. The molecule has 3 heteroatoms. The van der Waals surface area contributed by atoms with E-state index >= 15 is 0 Å². The molecule has 3 rings (SSSR count). The quantitative estimate of drug-likeness (QED) is 0.445. The Morgan fingerprint density at radius 1 is 1.50 bits per heavy atom. The molecule has 0 N–H and O–H groups in total. The zero-order valence-electron chi connectivity index (χ0n) is 8.59. The number of carbonyl (C=O) groups excluding carboxylic acids is 1. The van der Waals surface area contributed by atoms with Gasteiger partial charge in [-0.15, -0.1) is 0 Å². The summed E-state index contributed by atoms with van der Waals surface area (Å²) in [6.07, 6.45) is 6.21. The van der Waals surface area contributed by atoms with Crippen LogP contribution in [0.25, 0.3) is 0 Å². The number of fused-ring (bicyclic) bond motifs is 3. The molecular weight excluding hydrogens is 291 g/mol. The third kappa shape index (κ3) is 1.68. The first kappa shape index (κ1) is 10.7. The van der Waals surface area contributed by atoms with E-state index < -0.39 is 0 Å². The Labute approximate surface area is 98.9 Å². The number of alkyl halides is 1. The first-order valence-electron chi connectivity index (χ1n) is 5.34. The van der Waals surface area contributed by atoms with Gasteiger partial charge in [0.2, 0.25) is 0 Å². The summed E-state index contributed by atoms with van der Waals surface area (Å²) in [5.41, 5.74) is 0.466. The van der Waals surface area contributed by atoms with Crippen LogP contribution in [0.15, 0.2) is 0 Å². The number of halogens is 1. The highest BCUT2D eigenvalue weighted by Gasteiger charge is 2.47. The summed E-state index contributed by atoms with van der Waals surface area (Å²) in [7, 11) is 1.52. The monoisotopic (exact) mass is 308 g/mol. The smallest absolute Gasteiger partial charge is 0.308 e. The molecule has 3 fully saturated rings. The molecule has 3 saturated carbocycles. The molecular formula is C11H17IO2. The van der Waals surface area contributed by atoms with Gasteiger partial charge in [-0.3, -0.25) is 4.79 Å². The van der Waals surface area contributed by atoms with Gasteiger partial charge >= 0.3 is 5.97 Å². The topological polar surface area (TPSA) is 26.3 Å². The van der Waals surface area contributed by atoms with Crippen molar-refractivity contribution < 1.29 is 9.53 Å². The van der Waals surface area contributed by atoms with Gasteiger partial charge in [-0.25, -0.2) is 0 Å². The third-order valence-corrected chi connectivity index (χ3v) is 5.72. The van der Waals surface area contributed by atoms with Crippen molar-refractivity contribution in [3.05, 3.63) is 0 Å². The van der Waals surface area contributed by atoms with Crippen LogP contribution in [-0.4, -0.2) is 17.5 Å². The zero-order chi connectivity index (χ0) is 10.2. The van der Waals surface area contributed by atoms with Crippen molar-refractivity contribution in [2.45, 2.75) is 32.1 Å². The Kier molecular flexibility index (Phi) is 3.05. The van der Waals surface area contributed by atoms with Gasteiger partial charge < -0.3 is 4.74 Å². The lowest BCUT2D eigenvalue weighted by molar-refractivity contribution is -0.153. The molecule has 1 atom stereocenters. The minimum Gasteiger partial charge on any atom is -0.469 e. The minimum absolute atomic E-state index is 0.0311. The number of esters is 1. The molecule has 0 aromatic rings. The van der Waals surface area contributed by atoms with Crippen LogP contribution in [0.4, 0.5) is 0 Å². The number of hydrogen-bond acceptors (Lipinski definition) is 2. The maximum absolute atomic E-state index is 11.6. The number of carbonyl (C=O) groups is 1. The Morgan fingerprint density at radius 3 is 2.64 bits per heavy atom. The van der Waals surface area contributed by atoms with E-state index in [2.05, 4.69) is 22.6 Å². The highest BCUT2D eigenvalue weighted by atomic mass is 127. The summed E-state index contributed by atoms with van der Waals surface area (Å²) >= 11 is 2.48. The molecule has 0 aromatic carbocycles. The Bertz CT molecular complexity index is 231. The maximum atomic E-state index is 11.6. The van der Waals surface area contributed by atoms with Gasteiger partial charge in [-0.2, -0.15) is 0 Å². The van der Waals surface area contributed by atoms with Crippen LogP contribution in [-0.2, 0) is 9.53 Å². The molecule has 1 unspecified atom stereocenters. The SMILES string of the molecule is COC(=O)C1CC2(CI)CCC1CC2. The van der Waals surface area contributed by atoms with E-state index in [0.29, 0.717) is 11.3 Å². The van der Waals surface area contributed by atoms with Crippen molar-refractivity contribution >= 4 is 28.6 Å². The number of methoxy groups -OCH3 is 1. The summed E-state index contributed by atoms with van der Waals surface area (Å²) in [6.45, 7) is 0. The second-order valence-electron chi connectivity index (χ2n) is 4.80. The van der Waals surface area contributed by atoms with Crippen molar-refractivity contribution in [1.82, 2.24) is 0 Å². The standard InChI is InChI=1S/C11H17IO2/c1-14-10(13)9-6-11(7-12)4-2-8(9)3-5-11/h8-9H,2-7H2,1H3. The first-order chi connectivity index (χ1) is 6.71. The Morgan fingerprint density at radius 2 is 2.14 bits per heavy atom. The molecule has 2 bridgehead atoms. The molecule has 2 nitrogen and oxygen atoms in total. The molecule has 0 spiro atoms. The lowest BCUT2D eigenvalue weighted by Crippen LogP contribution is -2.44. The summed E-state index contributed by atoms with van der Waals surface area (Å²) in [6, 6.07) is 0. The van der Waals surface area contributed by atoms with Crippen LogP contribution in [0.5, 0.6) is 0 Å². The molecule has 14 heavy (non-hydrogen) atoms. The van der Waals surface area contributed by atoms with Gasteiger partial charge in [0.25, 0.3) is 0 Å². The van der Waals surface area contributed by atoms with E-state index in [1.807, 2.05) is 0 Å². The summed E-state index contributed by atoms with van der Waals surface area (Å²) in [5, 5.41) is 0. The predicted octanol–water partition coefficient (Wildman–Crippen LogP) is 2.79. The van der Waals surface area contributed by atoms with Crippen molar-refractivity contribution in [2.75, 3.05) is 11.5 Å². The molecule has 0 amide bonds. The van der Waals surface area contributed by atoms with Gasteiger partial charge in [0.05, 0.1) is 13.0 Å². The van der Waals surface area contributed by atoms with Crippen LogP contribution < -0.4 is 0 Å². The molecule has 0 heterocycles. The largest absolute Gasteiger partial charge is 0.469 e. The lowest BCUT2D eigenvalue weighted by atomic mass is 9.57. The fourth-order valence-corrected chi connectivity index (χ4v) is 4.18. The van der Waals surface area contributed by atoms with E-state index in [0.717, 1.165) is 6.42 Å². The van der Waals surface area contributed by atoms with Gasteiger partial charge in [0.1, 0.15) is 0 Å². The van der Waals surface area contributed by atoms with E-state index in [1.165, 1.54) is 37.2 Å². The average molecular weight is 308 g/mol. The normalized spacial score (nSPS) is 41.0. The lowest BCUT2D eigenvalue weighted by Gasteiger charge is -2.49. The third-order valence-electron chi connectivity index (χ3n) is 4.10. The molecule has 80 valence electrons. The van der Waals surface area contributed by atoms with Gasteiger partial charge in [0, 0.05) is 4.43 Å². The zero-order valence-corrected chi connectivity index (χ0v) is 10.7. The first-order valence-corrected chi connectivity index (χ1v) is 6.87. The fourth-order valence-electron chi connectivity index (χ4n) is 3.11. The maximum Gasteiger partial charge on any atom is 0.308 e. The number of ether oxygens (including phenoxy) is 1. The molecule has 0 aliphatic heterocycles. The van der Waals surface area contributed by atoms with Crippen LogP contribution >= 0.6 is 22.6 Å². The fraction of sp³-hybridized carbons (Fsp3) is 0.909. The van der Waals surface area contributed by atoms with Gasteiger partial charge in [-0.1, -0.05) is 22.6 Å². The van der Waals surface area contributed by atoms with E-state index in [4.69, 9.17) is 4.74 Å². The number of hydrogen-bond donors (Lipinski definition) is 0. The Hall–Kier alpha value is 0.200. The van der Waals surface area contributed by atoms with Gasteiger partial charge in [-0.05, 0) is 43.4 Å². The molecule has 0 radical (unpaired) electrons. The van der Waals surface area contributed by atoms with E-state index in [9.17, 15) is 4.79 Å².